The van der Waals surface area contributed by atoms with Crippen LogP contribution in [-0.4, -0.2) is 74.8 Å². The maximum absolute atomic E-state index is 12.5. The van der Waals surface area contributed by atoms with E-state index in [4.69, 9.17) is 24.2 Å². The van der Waals surface area contributed by atoms with Crippen molar-refractivity contribution in [1.82, 2.24) is 19.9 Å². The number of hydrogen-bond donors (Lipinski definition) is 4. The smallest absolute Gasteiger partial charge is 0.475 e. The number of imidazole rings is 1. The average molecular weight is 701 g/mol. The van der Waals surface area contributed by atoms with Crippen molar-refractivity contribution in [2.75, 3.05) is 10.5 Å². The summed E-state index contributed by atoms with van der Waals surface area (Å²) >= 11 is 0. The van der Waals surface area contributed by atoms with Gasteiger partial charge in [0.2, 0.25) is 10.0 Å². The van der Waals surface area contributed by atoms with Crippen LogP contribution in [0.15, 0.2) is 65.3 Å². The number of rotatable bonds is 5. The molecule has 0 amide bonds. The van der Waals surface area contributed by atoms with Crippen LogP contribution in [0.25, 0.3) is 45.0 Å². The van der Waals surface area contributed by atoms with Gasteiger partial charge in [-0.2, -0.15) is 39.5 Å². The van der Waals surface area contributed by atoms with Crippen molar-refractivity contribution in [3.8, 4) is 22.8 Å². The van der Waals surface area contributed by atoms with E-state index >= 15 is 0 Å². The number of nitrogens with zero attached hydrogens (tertiary/aromatic N) is 3. The van der Waals surface area contributed by atoms with Crippen molar-refractivity contribution in [2.24, 2.45) is 0 Å². The maximum Gasteiger partial charge on any atom is 0.490 e. The number of carbonyl (C=O) groups is 2. The molecule has 0 radical (unpaired) electrons. The third-order valence-electron chi connectivity index (χ3n) is 5.16. The SMILES string of the molecule is O=C(O)C(F)(F)F.O=C(O)C(F)(F)F.O=S(=O)(CC(F)(F)F)Nc1cncc(-c2ccc3nc(-c4nc5ccccc5[nH]4)oc3c2)c1. The molecule has 0 saturated heterocycles. The van der Waals surface area contributed by atoms with E-state index in [-0.39, 0.29) is 5.69 Å². The number of aliphatic carboxylic acids is 2. The van der Waals surface area contributed by atoms with Gasteiger partial charge in [-0.15, -0.1) is 0 Å². The Hall–Kier alpha value is -5.41. The van der Waals surface area contributed by atoms with Gasteiger partial charge in [-0.05, 0) is 35.9 Å². The summed E-state index contributed by atoms with van der Waals surface area (Å²) in [7, 11) is -4.62. The molecule has 3 heterocycles. The van der Waals surface area contributed by atoms with Gasteiger partial charge in [-0.3, -0.25) is 9.71 Å². The highest BCUT2D eigenvalue weighted by Crippen LogP contribution is 2.30. The molecule has 0 spiro atoms. The minimum absolute atomic E-state index is 0.0858. The predicted molar refractivity (Wildman–Crippen MR) is 143 cm³/mol. The highest BCUT2D eigenvalue weighted by atomic mass is 32.2. The number of anilines is 1. The summed E-state index contributed by atoms with van der Waals surface area (Å²) in [6, 6.07) is 14.0. The van der Waals surface area contributed by atoms with Crippen molar-refractivity contribution in [1.29, 1.82) is 0 Å². The molecule has 0 aliphatic carbocycles. The van der Waals surface area contributed by atoms with Crippen LogP contribution in [0.4, 0.5) is 45.2 Å². The van der Waals surface area contributed by atoms with Crippen LogP contribution in [-0.2, 0) is 19.6 Å². The molecule has 0 unspecified atom stereocenters. The molecule has 0 atom stereocenters. The number of aromatic nitrogens is 4. The third-order valence-corrected chi connectivity index (χ3v) is 6.42. The summed E-state index contributed by atoms with van der Waals surface area (Å²) in [5.41, 5.74) is 3.63. The summed E-state index contributed by atoms with van der Waals surface area (Å²) in [5, 5.41) is 14.2. The molecule has 12 nitrogen and oxygen atoms in total. The fourth-order valence-electron chi connectivity index (χ4n) is 3.34. The number of hydrogen-bond acceptors (Lipinski definition) is 8. The topological polar surface area (TPSA) is 188 Å². The molecule has 0 fully saturated rings. The Morgan fingerprint density at radius 3 is 1.96 bits per heavy atom. The van der Waals surface area contributed by atoms with Crippen LogP contribution in [0.5, 0.6) is 0 Å². The first-order chi connectivity index (χ1) is 21.5. The van der Waals surface area contributed by atoms with Gasteiger partial charge < -0.3 is 19.6 Å². The molecule has 2 aromatic carbocycles. The van der Waals surface area contributed by atoms with E-state index in [0.717, 1.165) is 17.2 Å². The van der Waals surface area contributed by atoms with Gasteiger partial charge in [0.15, 0.2) is 17.2 Å². The second kappa shape index (κ2) is 13.5. The lowest BCUT2D eigenvalue weighted by atomic mass is 10.1. The summed E-state index contributed by atoms with van der Waals surface area (Å²) in [4.78, 5) is 33.8. The van der Waals surface area contributed by atoms with E-state index < -0.39 is 46.2 Å². The molecule has 5 rings (SSSR count). The van der Waals surface area contributed by atoms with Crippen LogP contribution < -0.4 is 4.72 Å². The molecular weight excluding hydrogens is 685 g/mol. The highest BCUT2D eigenvalue weighted by molar-refractivity contribution is 7.92. The minimum Gasteiger partial charge on any atom is -0.475 e. The van der Waals surface area contributed by atoms with E-state index in [1.54, 1.807) is 18.2 Å². The quantitative estimate of drug-likeness (QED) is 0.158. The number of nitrogens with one attached hydrogen (secondary N) is 2. The highest BCUT2D eigenvalue weighted by Gasteiger charge is 2.39. The maximum atomic E-state index is 12.5. The number of benzene rings is 2. The van der Waals surface area contributed by atoms with Crippen molar-refractivity contribution >= 4 is 49.8 Å². The van der Waals surface area contributed by atoms with Crippen LogP contribution in [0.2, 0.25) is 0 Å². The molecule has 3 aromatic heterocycles. The molecule has 0 aliphatic rings. The number of sulfonamides is 1. The number of para-hydroxylation sites is 2. The van der Waals surface area contributed by atoms with Gasteiger partial charge in [0.05, 0.1) is 22.9 Å². The minimum atomic E-state index is -5.08. The number of carboxylic acid groups (broad SMARTS) is 2. The summed E-state index contributed by atoms with van der Waals surface area (Å²) < 4.78 is 132. The second-order valence-corrected chi connectivity index (χ2v) is 10.6. The van der Waals surface area contributed by atoms with Gasteiger partial charge >= 0.3 is 30.5 Å². The first-order valence-corrected chi connectivity index (χ1v) is 13.7. The van der Waals surface area contributed by atoms with Gasteiger partial charge in [0, 0.05) is 11.8 Å². The van der Waals surface area contributed by atoms with Crippen molar-refractivity contribution in [3.63, 3.8) is 0 Å². The van der Waals surface area contributed by atoms with Crippen LogP contribution in [0.1, 0.15) is 0 Å². The first-order valence-electron chi connectivity index (χ1n) is 12.0. The Balaban J connectivity index is 0.000000360. The Morgan fingerprint density at radius 1 is 0.809 bits per heavy atom. The van der Waals surface area contributed by atoms with Crippen molar-refractivity contribution in [3.05, 3.63) is 60.9 Å². The van der Waals surface area contributed by atoms with Gasteiger partial charge in [0.1, 0.15) is 5.52 Å². The van der Waals surface area contributed by atoms with E-state index in [1.807, 2.05) is 29.0 Å². The molecule has 22 heteroatoms. The molecule has 252 valence electrons. The zero-order valence-electron chi connectivity index (χ0n) is 22.6. The fourth-order valence-corrected chi connectivity index (χ4v) is 4.32. The number of alkyl halides is 9. The molecule has 0 bridgehead atoms. The molecule has 0 aliphatic heterocycles. The van der Waals surface area contributed by atoms with E-state index in [0.29, 0.717) is 33.9 Å². The second-order valence-electron chi connectivity index (χ2n) is 8.85. The Morgan fingerprint density at radius 2 is 1.40 bits per heavy atom. The zero-order valence-corrected chi connectivity index (χ0v) is 23.4. The van der Waals surface area contributed by atoms with Crippen LogP contribution in [0.3, 0.4) is 0 Å². The Labute approximate surface area is 254 Å². The molecule has 4 N–H and O–H groups in total. The number of aromatic amines is 1. The number of H-pyrrole nitrogens is 1. The number of pyridine rings is 1. The largest absolute Gasteiger partial charge is 0.490 e. The van der Waals surface area contributed by atoms with Crippen LogP contribution in [0, 0.1) is 0 Å². The number of fused-ring (bicyclic) bond motifs is 2. The zero-order chi connectivity index (χ0) is 35.4. The molecule has 5 aromatic rings. The lowest BCUT2D eigenvalue weighted by Gasteiger charge is -2.11. The predicted octanol–water partition coefficient (Wildman–Crippen LogP) is 6.00. The van der Waals surface area contributed by atoms with Gasteiger partial charge in [0.25, 0.3) is 5.89 Å². The standard InChI is InChI=1S/C21H14F3N5O3S.2C2HF3O2/c22-21(23,24)11-33(30,31)29-14-7-13(9-25-10-14)12-5-6-17-18(8-12)32-20(28-17)19-26-15-3-1-2-4-16(15)27-19;2*3-2(4,5)1(6)7/h1-10,29H,11H2,(H,26,27);2*(H,6,7). The average Bonchev–Trinajstić information content (AvgIpc) is 3.55. The van der Waals surface area contributed by atoms with Crippen molar-refractivity contribution < 1.29 is 72.2 Å². The first kappa shape index (κ1) is 36.1. The summed E-state index contributed by atoms with van der Waals surface area (Å²) in [5.74, 6) is -6.74. The van der Waals surface area contributed by atoms with Crippen molar-refractivity contribution in [2.45, 2.75) is 18.5 Å². The Bertz CT molecular complexity index is 1950. The Kier molecular flexibility index (Phi) is 10.4. The molecular formula is C25H16F9N5O7S. The van der Waals surface area contributed by atoms with E-state index in [2.05, 4.69) is 19.9 Å². The molecule has 0 saturated carbocycles. The number of oxazole rings is 1. The summed E-state index contributed by atoms with van der Waals surface area (Å²) in [6.45, 7) is 0. The van der Waals surface area contributed by atoms with E-state index in [9.17, 15) is 47.9 Å². The summed E-state index contributed by atoms with van der Waals surface area (Å²) in [6.07, 6.45) is -12.4. The normalized spacial score (nSPS) is 12.1. The monoisotopic (exact) mass is 701 g/mol. The lowest BCUT2D eigenvalue weighted by Crippen LogP contribution is -2.27. The number of halogens is 9. The molecule has 47 heavy (non-hydrogen) atoms. The van der Waals surface area contributed by atoms with E-state index in [1.165, 1.54) is 12.3 Å². The van der Waals surface area contributed by atoms with Gasteiger partial charge in [-0.1, -0.05) is 18.2 Å². The van der Waals surface area contributed by atoms with Gasteiger partial charge in [-0.25, -0.2) is 28.0 Å². The lowest BCUT2D eigenvalue weighted by molar-refractivity contribution is -0.193. The third kappa shape index (κ3) is 10.6. The fraction of sp³-hybridized carbons (Fsp3) is 0.160. The van der Waals surface area contributed by atoms with Crippen LogP contribution >= 0.6 is 0 Å². The number of carboxylic acids is 2.